The zero-order valence-corrected chi connectivity index (χ0v) is 19.3. The number of carbonyl (C=O) groups is 1. The Bertz CT molecular complexity index is 889. The van der Waals surface area contributed by atoms with Crippen LogP contribution >= 0.6 is 22.9 Å². The molecule has 0 spiro atoms. The van der Waals surface area contributed by atoms with Crippen LogP contribution in [0.3, 0.4) is 0 Å². The lowest BCUT2D eigenvalue weighted by atomic mass is 9.89. The predicted octanol–water partition coefficient (Wildman–Crippen LogP) is 4.61. The van der Waals surface area contributed by atoms with Crippen molar-refractivity contribution in [3.8, 4) is 0 Å². The normalized spacial score (nSPS) is 19.8. The van der Waals surface area contributed by atoms with Gasteiger partial charge >= 0.3 is 0 Å². The van der Waals surface area contributed by atoms with E-state index < -0.39 is 0 Å². The van der Waals surface area contributed by atoms with Gasteiger partial charge in [-0.1, -0.05) is 20.8 Å². The minimum Gasteiger partial charge on any atom is -0.352 e. The highest BCUT2D eigenvalue weighted by Crippen LogP contribution is 2.41. The number of amides is 1. The molecule has 0 radical (unpaired) electrons. The Balaban J connectivity index is 1.64. The van der Waals surface area contributed by atoms with Crippen molar-refractivity contribution >= 4 is 44.9 Å². The lowest BCUT2D eigenvalue weighted by molar-refractivity contribution is -0.131. The molecule has 2 aromatic rings. The summed E-state index contributed by atoms with van der Waals surface area (Å²) in [5.74, 6) is 3.85. The number of thiophene rings is 1. The van der Waals surface area contributed by atoms with Crippen LogP contribution in [0.25, 0.3) is 10.2 Å². The number of halogens is 1. The van der Waals surface area contributed by atoms with Gasteiger partial charge < -0.3 is 9.80 Å². The van der Waals surface area contributed by atoms with E-state index in [4.69, 9.17) is 21.6 Å². The molecule has 2 aromatic heterocycles. The number of anilines is 1. The first-order valence-electron chi connectivity index (χ1n) is 10.9. The molecule has 29 heavy (non-hydrogen) atoms. The van der Waals surface area contributed by atoms with Crippen molar-refractivity contribution in [3.05, 3.63) is 16.3 Å². The second-order valence-electron chi connectivity index (χ2n) is 8.75. The average Bonchev–Trinajstić information content (AvgIpc) is 3.08. The van der Waals surface area contributed by atoms with Gasteiger partial charge in [-0.05, 0) is 37.2 Å². The monoisotopic (exact) mass is 434 g/mol. The molecule has 1 aliphatic carbocycles. The predicted molar refractivity (Wildman–Crippen MR) is 121 cm³/mol. The molecule has 1 atom stereocenters. The van der Waals surface area contributed by atoms with E-state index in [1.807, 2.05) is 16.2 Å². The van der Waals surface area contributed by atoms with Gasteiger partial charge in [-0.15, -0.1) is 22.9 Å². The molecule has 4 rings (SSSR count). The van der Waals surface area contributed by atoms with Gasteiger partial charge in [0.1, 0.15) is 16.5 Å². The van der Waals surface area contributed by atoms with Crippen LogP contribution in [0.2, 0.25) is 0 Å². The standard InChI is InChI=1S/C22H31ClN4OS/c1-14(2)20-24-21(27-11-9-26(10-12-27)18(28)5-4-8-23)19-16-7-6-15(3)13-17(16)29-22(19)25-20/h14-15H,4-13H2,1-3H3. The molecular formula is C22H31ClN4OS. The average molecular weight is 435 g/mol. The minimum absolute atomic E-state index is 0.225. The summed E-state index contributed by atoms with van der Waals surface area (Å²) in [4.78, 5) is 29.4. The molecule has 0 bridgehead atoms. The molecular weight excluding hydrogens is 404 g/mol. The second kappa shape index (κ2) is 8.76. The number of aromatic nitrogens is 2. The Labute approximate surface area is 182 Å². The Kier molecular flexibility index (Phi) is 6.30. The fourth-order valence-corrected chi connectivity index (χ4v) is 5.89. The second-order valence-corrected chi connectivity index (χ2v) is 10.2. The van der Waals surface area contributed by atoms with Crippen LogP contribution in [0.4, 0.5) is 5.82 Å². The largest absolute Gasteiger partial charge is 0.352 e. The summed E-state index contributed by atoms with van der Waals surface area (Å²) in [5, 5.41) is 1.28. The number of hydrogen-bond donors (Lipinski definition) is 0. The Morgan fingerprint density at radius 3 is 2.69 bits per heavy atom. The summed E-state index contributed by atoms with van der Waals surface area (Å²) in [5.41, 5.74) is 1.48. The van der Waals surface area contributed by atoms with Crippen LogP contribution in [0.5, 0.6) is 0 Å². The van der Waals surface area contributed by atoms with E-state index in [0.717, 1.165) is 67.8 Å². The van der Waals surface area contributed by atoms with E-state index in [0.29, 0.717) is 18.2 Å². The summed E-state index contributed by atoms with van der Waals surface area (Å²) in [6.45, 7) is 9.84. The maximum Gasteiger partial charge on any atom is 0.222 e. The first-order valence-corrected chi connectivity index (χ1v) is 12.2. The first-order chi connectivity index (χ1) is 14.0. The zero-order valence-electron chi connectivity index (χ0n) is 17.7. The zero-order chi connectivity index (χ0) is 20.5. The molecule has 1 saturated heterocycles. The highest BCUT2D eigenvalue weighted by Gasteiger charge is 2.28. The van der Waals surface area contributed by atoms with Crippen molar-refractivity contribution in [1.29, 1.82) is 0 Å². The van der Waals surface area contributed by atoms with Crippen LogP contribution in [0, 0.1) is 5.92 Å². The van der Waals surface area contributed by atoms with Gasteiger partial charge in [0.2, 0.25) is 5.91 Å². The van der Waals surface area contributed by atoms with Crippen molar-refractivity contribution < 1.29 is 4.79 Å². The third-order valence-corrected chi connectivity index (χ3v) is 7.54. The third kappa shape index (κ3) is 4.24. The summed E-state index contributed by atoms with van der Waals surface area (Å²) < 4.78 is 0. The number of piperazine rings is 1. The maximum absolute atomic E-state index is 12.4. The third-order valence-electron chi connectivity index (χ3n) is 6.13. The molecule has 1 fully saturated rings. The molecule has 0 aromatic carbocycles. The smallest absolute Gasteiger partial charge is 0.222 e. The number of rotatable bonds is 5. The molecule has 3 heterocycles. The number of hydrogen-bond acceptors (Lipinski definition) is 5. The van der Waals surface area contributed by atoms with Crippen LogP contribution in [-0.2, 0) is 17.6 Å². The quantitative estimate of drug-likeness (QED) is 0.645. The van der Waals surface area contributed by atoms with Crippen molar-refractivity contribution in [2.75, 3.05) is 37.0 Å². The molecule has 1 aliphatic heterocycles. The molecule has 1 amide bonds. The fraction of sp³-hybridized carbons (Fsp3) is 0.682. The summed E-state index contributed by atoms with van der Waals surface area (Å²) in [7, 11) is 0. The van der Waals surface area contributed by atoms with Gasteiger partial charge in [0.25, 0.3) is 0 Å². The molecule has 0 N–H and O–H groups in total. The van der Waals surface area contributed by atoms with Gasteiger partial charge in [0.15, 0.2) is 0 Å². The van der Waals surface area contributed by atoms with Crippen molar-refractivity contribution in [1.82, 2.24) is 14.9 Å². The first kappa shape index (κ1) is 20.9. The Morgan fingerprint density at radius 2 is 2.00 bits per heavy atom. The lowest BCUT2D eigenvalue weighted by Gasteiger charge is -2.36. The van der Waals surface area contributed by atoms with Gasteiger partial charge in [-0.2, -0.15) is 0 Å². The summed E-state index contributed by atoms with van der Waals surface area (Å²) in [6, 6.07) is 0. The number of alkyl halides is 1. The van der Waals surface area contributed by atoms with E-state index in [1.54, 1.807) is 0 Å². The number of nitrogens with zero attached hydrogens (tertiary/aromatic N) is 4. The van der Waals surface area contributed by atoms with Gasteiger partial charge in [-0.3, -0.25) is 4.79 Å². The number of aryl methyl sites for hydroxylation is 1. The van der Waals surface area contributed by atoms with E-state index >= 15 is 0 Å². The van der Waals surface area contributed by atoms with E-state index in [2.05, 4.69) is 25.7 Å². The SMILES string of the molecule is CC1CCc2c(sc3nc(C(C)C)nc(N4CCN(C(=O)CCCCl)CC4)c23)C1. The minimum atomic E-state index is 0.225. The van der Waals surface area contributed by atoms with Gasteiger partial charge in [0, 0.05) is 49.3 Å². The molecule has 0 saturated carbocycles. The maximum atomic E-state index is 12.4. The number of fused-ring (bicyclic) bond motifs is 3. The van der Waals surface area contributed by atoms with Crippen LogP contribution < -0.4 is 4.90 Å². The fourth-order valence-electron chi connectivity index (χ4n) is 4.37. The van der Waals surface area contributed by atoms with E-state index in [1.165, 1.54) is 22.2 Å². The van der Waals surface area contributed by atoms with Crippen LogP contribution in [-0.4, -0.2) is 52.8 Å². The molecule has 1 unspecified atom stereocenters. The van der Waals surface area contributed by atoms with Crippen LogP contribution in [0.1, 0.15) is 62.2 Å². The Morgan fingerprint density at radius 1 is 1.24 bits per heavy atom. The number of carbonyl (C=O) groups excluding carboxylic acids is 1. The van der Waals surface area contributed by atoms with Crippen LogP contribution in [0.15, 0.2) is 0 Å². The summed E-state index contributed by atoms with van der Waals surface area (Å²) >= 11 is 7.62. The van der Waals surface area contributed by atoms with Crippen molar-refractivity contribution in [2.45, 2.75) is 58.8 Å². The van der Waals surface area contributed by atoms with Crippen molar-refractivity contribution in [2.24, 2.45) is 5.92 Å². The highest BCUT2D eigenvalue weighted by molar-refractivity contribution is 7.19. The molecule has 5 nitrogen and oxygen atoms in total. The summed E-state index contributed by atoms with van der Waals surface area (Å²) in [6.07, 6.45) is 4.84. The van der Waals surface area contributed by atoms with E-state index in [9.17, 15) is 4.79 Å². The van der Waals surface area contributed by atoms with Gasteiger partial charge in [0.05, 0.1) is 5.39 Å². The lowest BCUT2D eigenvalue weighted by Crippen LogP contribution is -2.49. The molecule has 158 valence electrons. The molecule has 2 aliphatic rings. The Hall–Kier alpha value is -1.40. The van der Waals surface area contributed by atoms with E-state index in [-0.39, 0.29) is 5.91 Å². The topological polar surface area (TPSA) is 49.3 Å². The van der Waals surface area contributed by atoms with Crippen molar-refractivity contribution in [3.63, 3.8) is 0 Å². The molecule has 7 heteroatoms. The van der Waals surface area contributed by atoms with Gasteiger partial charge in [-0.25, -0.2) is 9.97 Å². The highest BCUT2D eigenvalue weighted by atomic mass is 35.5.